The van der Waals surface area contributed by atoms with E-state index < -0.39 is 6.09 Å². The monoisotopic (exact) mass is 363 g/mol. The highest BCUT2D eigenvalue weighted by Crippen LogP contribution is 2.23. The maximum absolute atomic E-state index is 12.2. The van der Waals surface area contributed by atoms with E-state index in [9.17, 15) is 9.59 Å². The number of aromatic nitrogens is 2. The number of hydrogen-bond acceptors (Lipinski definition) is 3. The van der Waals surface area contributed by atoms with Crippen LogP contribution in [-0.2, 0) is 6.42 Å². The van der Waals surface area contributed by atoms with E-state index >= 15 is 0 Å². The van der Waals surface area contributed by atoms with E-state index in [1.165, 1.54) is 18.2 Å². The molecule has 0 aliphatic rings. The van der Waals surface area contributed by atoms with Gasteiger partial charge in [0.2, 0.25) is 0 Å². The van der Waals surface area contributed by atoms with Gasteiger partial charge in [-0.05, 0) is 35.9 Å². The van der Waals surface area contributed by atoms with Crippen LogP contribution in [0, 0.1) is 0 Å². The number of carbonyl (C=O) groups is 1. The highest BCUT2D eigenvalue weighted by molar-refractivity contribution is 6.42. The summed E-state index contributed by atoms with van der Waals surface area (Å²) in [6.07, 6.45) is -0.825. The van der Waals surface area contributed by atoms with Gasteiger partial charge in [0.1, 0.15) is 5.82 Å². The molecule has 0 bridgehead atoms. The van der Waals surface area contributed by atoms with Gasteiger partial charge < -0.3 is 10.1 Å². The molecule has 24 heavy (non-hydrogen) atoms. The van der Waals surface area contributed by atoms with Crippen LogP contribution in [0.25, 0.3) is 10.9 Å². The van der Waals surface area contributed by atoms with Crippen molar-refractivity contribution in [3.8, 4) is 0 Å². The van der Waals surface area contributed by atoms with E-state index in [0.717, 1.165) is 5.56 Å². The second-order valence-corrected chi connectivity index (χ2v) is 5.91. The Bertz CT molecular complexity index is 1000. The fraction of sp³-hybridized carbons (Fsp3) is 0.0625. The summed E-state index contributed by atoms with van der Waals surface area (Å²) in [5.74, 6) is 0.443. The number of amides is 1. The van der Waals surface area contributed by atoms with Crippen molar-refractivity contribution in [2.75, 3.05) is 5.32 Å². The minimum atomic E-state index is -1.18. The summed E-state index contributed by atoms with van der Waals surface area (Å²) in [6.45, 7) is 0. The molecule has 0 saturated carbocycles. The van der Waals surface area contributed by atoms with Crippen LogP contribution in [0.5, 0.6) is 0 Å². The van der Waals surface area contributed by atoms with E-state index in [4.69, 9.17) is 28.3 Å². The summed E-state index contributed by atoms with van der Waals surface area (Å²) in [7, 11) is 0. The van der Waals surface area contributed by atoms with Gasteiger partial charge in [0.25, 0.3) is 5.56 Å². The number of H-pyrrole nitrogens is 1. The molecule has 3 aromatic rings. The van der Waals surface area contributed by atoms with Crippen molar-refractivity contribution in [3.63, 3.8) is 0 Å². The number of anilines is 1. The molecular weight excluding hydrogens is 353 g/mol. The Morgan fingerprint density at radius 1 is 1.17 bits per heavy atom. The molecule has 0 spiro atoms. The first-order valence-corrected chi connectivity index (χ1v) is 7.65. The number of rotatable bonds is 3. The van der Waals surface area contributed by atoms with Gasteiger partial charge in [-0.3, -0.25) is 10.1 Å². The average Bonchev–Trinajstić information content (AvgIpc) is 2.50. The molecule has 3 N–H and O–H groups in total. The molecule has 122 valence electrons. The second kappa shape index (κ2) is 6.51. The van der Waals surface area contributed by atoms with Gasteiger partial charge in [-0.2, -0.15) is 0 Å². The number of hydrogen-bond donors (Lipinski definition) is 3. The molecule has 1 heterocycles. The van der Waals surface area contributed by atoms with Crippen LogP contribution in [0.4, 0.5) is 10.5 Å². The number of halogens is 2. The standard InChI is InChI=1S/C16H11Cl2N3O3/c17-11-4-1-8(5-12(11)18)6-14-20-13-7-9(19-16(23)24)2-3-10(13)15(22)21-14/h1-5,7,19H,6H2,(H,23,24)(H,20,21,22). The van der Waals surface area contributed by atoms with Crippen LogP contribution in [0.2, 0.25) is 10.0 Å². The first kappa shape index (κ1) is 16.3. The summed E-state index contributed by atoms with van der Waals surface area (Å²) in [6, 6.07) is 9.71. The highest BCUT2D eigenvalue weighted by Gasteiger charge is 2.08. The first-order valence-electron chi connectivity index (χ1n) is 6.89. The summed E-state index contributed by atoms with van der Waals surface area (Å²) in [5, 5.41) is 12.2. The second-order valence-electron chi connectivity index (χ2n) is 5.10. The quantitative estimate of drug-likeness (QED) is 0.657. The predicted molar refractivity (Wildman–Crippen MR) is 93.3 cm³/mol. The number of fused-ring (bicyclic) bond motifs is 1. The smallest absolute Gasteiger partial charge is 0.409 e. The molecule has 0 radical (unpaired) electrons. The SMILES string of the molecule is O=C(O)Nc1ccc2c(=O)[nH]c(Cc3ccc(Cl)c(Cl)c3)nc2c1. The third kappa shape index (κ3) is 3.50. The van der Waals surface area contributed by atoms with Crippen LogP contribution < -0.4 is 10.9 Å². The van der Waals surface area contributed by atoms with Gasteiger partial charge in [0.15, 0.2) is 0 Å². The van der Waals surface area contributed by atoms with Crippen molar-refractivity contribution < 1.29 is 9.90 Å². The van der Waals surface area contributed by atoms with Crippen molar-refractivity contribution in [1.29, 1.82) is 0 Å². The molecule has 0 aliphatic heterocycles. The Kier molecular flexibility index (Phi) is 4.42. The number of carboxylic acid groups (broad SMARTS) is 1. The van der Waals surface area contributed by atoms with Crippen molar-refractivity contribution in [2.24, 2.45) is 0 Å². The molecule has 0 saturated heterocycles. The van der Waals surface area contributed by atoms with Gasteiger partial charge in [0, 0.05) is 12.1 Å². The number of aromatic amines is 1. The topological polar surface area (TPSA) is 95.1 Å². The maximum atomic E-state index is 12.2. The minimum absolute atomic E-state index is 0.295. The summed E-state index contributed by atoms with van der Waals surface area (Å²) >= 11 is 11.9. The Balaban J connectivity index is 2.00. The third-order valence-electron chi connectivity index (χ3n) is 3.36. The highest BCUT2D eigenvalue weighted by atomic mass is 35.5. The molecule has 3 rings (SSSR count). The number of benzene rings is 2. The molecule has 1 amide bonds. The molecule has 0 fully saturated rings. The lowest BCUT2D eigenvalue weighted by Crippen LogP contribution is -2.13. The molecule has 6 nitrogen and oxygen atoms in total. The van der Waals surface area contributed by atoms with Crippen LogP contribution in [-0.4, -0.2) is 21.2 Å². The van der Waals surface area contributed by atoms with E-state index in [-0.39, 0.29) is 5.56 Å². The zero-order valence-corrected chi connectivity index (χ0v) is 13.6. The Labute approximate surface area is 146 Å². The maximum Gasteiger partial charge on any atom is 0.409 e. The molecule has 2 aromatic carbocycles. The normalized spacial score (nSPS) is 10.8. The summed E-state index contributed by atoms with van der Waals surface area (Å²) in [5.41, 5.74) is 1.29. The van der Waals surface area contributed by atoms with Gasteiger partial charge in [-0.1, -0.05) is 29.3 Å². The fourth-order valence-electron chi connectivity index (χ4n) is 2.32. The molecular formula is C16H11Cl2N3O3. The third-order valence-corrected chi connectivity index (χ3v) is 4.10. The largest absolute Gasteiger partial charge is 0.465 e. The molecule has 0 unspecified atom stereocenters. The van der Waals surface area contributed by atoms with Crippen molar-refractivity contribution >= 4 is 45.9 Å². The zero-order chi connectivity index (χ0) is 17.3. The lowest BCUT2D eigenvalue weighted by atomic mass is 10.1. The summed E-state index contributed by atoms with van der Waals surface area (Å²) < 4.78 is 0. The van der Waals surface area contributed by atoms with Crippen molar-refractivity contribution in [1.82, 2.24) is 9.97 Å². The molecule has 8 heteroatoms. The number of nitrogens with one attached hydrogen (secondary N) is 2. The van der Waals surface area contributed by atoms with Crippen LogP contribution >= 0.6 is 23.2 Å². The van der Waals surface area contributed by atoms with E-state index in [2.05, 4.69) is 15.3 Å². The lowest BCUT2D eigenvalue weighted by Gasteiger charge is -2.06. The predicted octanol–water partition coefficient (Wildman–Crippen LogP) is 3.91. The molecule has 1 aromatic heterocycles. The Morgan fingerprint density at radius 3 is 2.67 bits per heavy atom. The van der Waals surface area contributed by atoms with Gasteiger partial charge >= 0.3 is 6.09 Å². The average molecular weight is 364 g/mol. The summed E-state index contributed by atoms with van der Waals surface area (Å²) in [4.78, 5) is 30.0. The van der Waals surface area contributed by atoms with E-state index in [0.29, 0.717) is 38.9 Å². The van der Waals surface area contributed by atoms with Crippen molar-refractivity contribution in [2.45, 2.75) is 6.42 Å². The van der Waals surface area contributed by atoms with E-state index in [1.54, 1.807) is 18.2 Å². The van der Waals surface area contributed by atoms with Crippen molar-refractivity contribution in [3.05, 3.63) is 68.2 Å². The Hall–Kier alpha value is -2.57. The van der Waals surface area contributed by atoms with Crippen LogP contribution in [0.3, 0.4) is 0 Å². The fourth-order valence-corrected chi connectivity index (χ4v) is 2.64. The number of nitrogens with zero attached hydrogens (tertiary/aromatic N) is 1. The van der Waals surface area contributed by atoms with Gasteiger partial charge in [0.05, 0.1) is 20.9 Å². The minimum Gasteiger partial charge on any atom is -0.465 e. The first-order chi connectivity index (χ1) is 11.4. The lowest BCUT2D eigenvalue weighted by molar-refractivity contribution is 0.210. The zero-order valence-electron chi connectivity index (χ0n) is 12.1. The Morgan fingerprint density at radius 2 is 1.96 bits per heavy atom. The molecule has 0 aliphatic carbocycles. The van der Waals surface area contributed by atoms with Crippen LogP contribution in [0.1, 0.15) is 11.4 Å². The molecule has 0 atom stereocenters. The van der Waals surface area contributed by atoms with Gasteiger partial charge in [-0.15, -0.1) is 0 Å². The van der Waals surface area contributed by atoms with Gasteiger partial charge in [-0.25, -0.2) is 9.78 Å². The van der Waals surface area contributed by atoms with Crippen LogP contribution in [0.15, 0.2) is 41.2 Å². The van der Waals surface area contributed by atoms with E-state index in [1.807, 2.05) is 0 Å².